The summed E-state index contributed by atoms with van der Waals surface area (Å²) in [5.41, 5.74) is 5.49. The molecule has 10 nitrogen and oxygen atoms in total. The van der Waals surface area contributed by atoms with Crippen LogP contribution in [-0.2, 0) is 14.3 Å². The molecule has 0 aromatic carbocycles. The summed E-state index contributed by atoms with van der Waals surface area (Å²) in [6.45, 7) is 2.32. The third-order valence-electron chi connectivity index (χ3n) is 5.18. The highest BCUT2D eigenvalue weighted by Gasteiger charge is 2.44. The number of aliphatic hydroxyl groups excluding tert-OH is 5. The molecule has 232 valence electrons. The molecule has 0 saturated carbocycles. The van der Waals surface area contributed by atoms with Crippen LogP contribution in [0.1, 0.15) is 13.8 Å². The Hall–Kier alpha value is -6.13. The van der Waals surface area contributed by atoms with Crippen molar-refractivity contribution in [1.82, 2.24) is 5.32 Å². The summed E-state index contributed by atoms with van der Waals surface area (Å²) >= 11 is 0. The third kappa shape index (κ3) is 17.1. The average Bonchev–Trinajstić information content (AvgIpc) is 3.06. The van der Waals surface area contributed by atoms with Crippen molar-refractivity contribution in [3.05, 3.63) is 0 Å². The molecule has 1 rings (SSSR count). The first-order valence-electron chi connectivity index (χ1n) is 13.3. The Bertz CT molecular complexity index is 1910. The number of aliphatic hydroxyl groups is 5. The highest BCUT2D eigenvalue weighted by molar-refractivity contribution is 5.94. The van der Waals surface area contributed by atoms with E-state index in [-0.39, 0.29) is 6.54 Å². The van der Waals surface area contributed by atoms with E-state index < -0.39 is 61.5 Å². The van der Waals surface area contributed by atoms with Gasteiger partial charge in [-0.05, 0) is 109 Å². The maximum atomic E-state index is 12.2. The zero-order chi connectivity index (χ0) is 34.7. The molecule has 47 heavy (non-hydrogen) atoms. The van der Waals surface area contributed by atoms with Gasteiger partial charge in [0.15, 0.2) is 6.29 Å². The first-order chi connectivity index (χ1) is 22.7. The lowest BCUT2D eigenvalue weighted by molar-refractivity contribution is -0.296. The van der Waals surface area contributed by atoms with Crippen LogP contribution in [0.5, 0.6) is 0 Å². The summed E-state index contributed by atoms with van der Waals surface area (Å²) in [7, 11) is 0. The first-order valence-corrected chi connectivity index (χ1v) is 13.3. The number of carbonyl (C=O) groups excluding carboxylic acids is 1. The summed E-state index contributed by atoms with van der Waals surface area (Å²) in [5.74, 6) is 57.8. The van der Waals surface area contributed by atoms with Gasteiger partial charge in [0, 0.05) is 48.0 Å². The number of rotatable bonds is 7. The monoisotopic (exact) mass is 626 g/mol. The molecular weight excluding hydrogens is 600 g/mol. The van der Waals surface area contributed by atoms with Crippen LogP contribution in [0.2, 0.25) is 0 Å². The van der Waals surface area contributed by atoms with Gasteiger partial charge >= 0.3 is 0 Å². The molecule has 0 aliphatic carbocycles. The van der Waals surface area contributed by atoms with Gasteiger partial charge in [0.2, 0.25) is 0 Å². The Morgan fingerprint density at radius 3 is 1.49 bits per heavy atom. The van der Waals surface area contributed by atoms with E-state index in [1.54, 1.807) is 6.92 Å². The van der Waals surface area contributed by atoms with Crippen molar-refractivity contribution >= 4 is 5.91 Å². The van der Waals surface area contributed by atoms with Crippen molar-refractivity contribution in [1.29, 1.82) is 0 Å². The Balaban J connectivity index is 2.62. The molecule has 0 aromatic heterocycles. The number of nitrogens with two attached hydrogens (primary N) is 1. The summed E-state index contributed by atoms with van der Waals surface area (Å²) < 4.78 is 10.7. The summed E-state index contributed by atoms with van der Waals surface area (Å²) in [6, 6.07) is -1.20. The molecule has 0 radical (unpaired) electrons. The molecule has 1 heterocycles. The number of carbonyl (C=O) groups is 1. The van der Waals surface area contributed by atoms with Gasteiger partial charge in [0.05, 0.1) is 18.8 Å². The van der Waals surface area contributed by atoms with E-state index in [9.17, 15) is 30.3 Å². The van der Waals surface area contributed by atoms with Crippen LogP contribution in [-0.4, -0.2) is 93.5 Å². The molecule has 2 unspecified atom stereocenters. The molecule has 0 aromatic rings. The molecule has 0 spiro atoms. The van der Waals surface area contributed by atoms with Crippen molar-refractivity contribution in [2.45, 2.75) is 62.8 Å². The predicted octanol–water partition coefficient (Wildman–Crippen LogP) is -3.94. The highest BCUT2D eigenvalue weighted by Crippen LogP contribution is 2.22. The average molecular weight is 627 g/mol. The molecular formula is C37H26N2O8. The van der Waals surface area contributed by atoms with Crippen molar-refractivity contribution < 1.29 is 39.8 Å². The Morgan fingerprint density at radius 1 is 0.702 bits per heavy atom. The van der Waals surface area contributed by atoms with Crippen molar-refractivity contribution in [2.24, 2.45) is 5.73 Å². The summed E-state index contributed by atoms with van der Waals surface area (Å²) in [6.07, 6.45) is -9.92. The fourth-order valence-electron chi connectivity index (χ4n) is 2.99. The van der Waals surface area contributed by atoms with Gasteiger partial charge in [-0.3, -0.25) is 4.79 Å². The maximum Gasteiger partial charge on any atom is 0.297 e. The van der Waals surface area contributed by atoms with Crippen molar-refractivity contribution in [3.63, 3.8) is 0 Å². The summed E-state index contributed by atoms with van der Waals surface area (Å²) in [4.78, 5) is 12.2. The van der Waals surface area contributed by atoms with Gasteiger partial charge < -0.3 is 46.1 Å². The minimum absolute atomic E-state index is 0.172. The molecule has 0 bridgehead atoms. The number of hydrogen-bond acceptors (Lipinski definition) is 9. The molecule has 8 N–H and O–H groups in total. The van der Waals surface area contributed by atoms with E-state index in [1.807, 2.05) is 0 Å². The molecule has 1 fully saturated rings. The topological polar surface area (TPSA) is 175 Å². The first kappa shape index (κ1) is 38.9. The maximum absolute atomic E-state index is 12.2. The fraction of sp³-hybridized carbons (Fsp3) is 0.324. The SMILES string of the molecule is CC#CC#CC#CC#CC#CC#CC#CC#CC#CC#CC#CC#CC(=O)N[C@@H](CO[C@H]1OC(CN)[C@H](O)[C@H](O)C1O)[C@H](O)[C@@H](C)O. The zero-order valence-electron chi connectivity index (χ0n) is 25.1. The molecule has 10 heteroatoms. The van der Waals surface area contributed by atoms with Crippen LogP contribution in [0, 0.1) is 142 Å². The third-order valence-corrected chi connectivity index (χ3v) is 5.18. The Labute approximate surface area is 274 Å². The van der Waals surface area contributed by atoms with Crippen LogP contribution in [0.3, 0.4) is 0 Å². The lowest BCUT2D eigenvalue weighted by atomic mass is 9.99. The predicted molar refractivity (Wildman–Crippen MR) is 170 cm³/mol. The molecule has 8 atom stereocenters. The molecule has 1 aliphatic rings. The van der Waals surface area contributed by atoms with E-state index in [2.05, 4.69) is 147 Å². The summed E-state index contributed by atoms with van der Waals surface area (Å²) in [5, 5.41) is 52.4. The minimum atomic E-state index is -1.64. The van der Waals surface area contributed by atoms with Crippen LogP contribution in [0.15, 0.2) is 0 Å². The second-order valence-electron chi connectivity index (χ2n) is 8.52. The van der Waals surface area contributed by atoms with Crippen LogP contribution >= 0.6 is 0 Å². The number of hydrogen-bond donors (Lipinski definition) is 7. The molecule has 1 amide bonds. The number of nitrogens with one attached hydrogen (secondary N) is 1. The van der Waals surface area contributed by atoms with Gasteiger partial charge in [-0.15, -0.1) is 0 Å². The van der Waals surface area contributed by atoms with E-state index in [0.717, 1.165) is 0 Å². The van der Waals surface area contributed by atoms with Crippen molar-refractivity contribution in [3.8, 4) is 142 Å². The van der Waals surface area contributed by atoms with Gasteiger partial charge in [-0.25, -0.2) is 0 Å². The smallest absolute Gasteiger partial charge is 0.297 e. The number of ether oxygens (including phenoxy) is 2. The Kier molecular flexibility index (Phi) is 20.0. The van der Waals surface area contributed by atoms with Gasteiger partial charge in [-0.1, -0.05) is 5.92 Å². The van der Waals surface area contributed by atoms with Crippen LogP contribution < -0.4 is 11.1 Å². The lowest BCUT2D eigenvalue weighted by Crippen LogP contribution is -2.61. The van der Waals surface area contributed by atoms with Gasteiger partial charge in [0.25, 0.3) is 5.91 Å². The van der Waals surface area contributed by atoms with Crippen molar-refractivity contribution in [2.75, 3.05) is 13.2 Å². The standard InChI is InChI=1S/C37H26N2O8/c1-3-4-5-6-7-8-9-10-11-12-13-14-15-16-17-18-19-20-21-22-23-24-25-26-32(41)39-30(33(42)29(2)40)28-46-37-36(45)35(44)34(43)31(27-38)47-37/h29-31,33-37,40,42-45H,27-28,38H2,1-2H3,(H,39,41)/t29-,30+,31?,33-,34+,35+,36?,37+/m1/s1. The van der Waals surface area contributed by atoms with Gasteiger partial charge in [0.1, 0.15) is 30.5 Å². The minimum Gasteiger partial charge on any atom is -0.391 e. The Morgan fingerprint density at radius 2 is 1.11 bits per heavy atom. The van der Waals surface area contributed by atoms with Crippen LogP contribution in [0.4, 0.5) is 0 Å². The zero-order valence-corrected chi connectivity index (χ0v) is 25.1. The van der Waals surface area contributed by atoms with E-state index in [4.69, 9.17) is 15.2 Å². The van der Waals surface area contributed by atoms with E-state index in [1.165, 1.54) is 6.92 Å². The molecule has 1 aliphatic heterocycles. The highest BCUT2D eigenvalue weighted by atomic mass is 16.7. The van der Waals surface area contributed by atoms with Gasteiger partial charge in [-0.2, -0.15) is 0 Å². The molecule has 1 saturated heterocycles. The normalized spacial score (nSPS) is 19.4. The number of amides is 1. The lowest BCUT2D eigenvalue weighted by Gasteiger charge is -2.40. The fourth-order valence-corrected chi connectivity index (χ4v) is 2.99. The van der Waals surface area contributed by atoms with Crippen LogP contribution in [0.25, 0.3) is 0 Å². The largest absolute Gasteiger partial charge is 0.391 e. The quantitative estimate of drug-likeness (QED) is 0.139. The van der Waals surface area contributed by atoms with E-state index >= 15 is 0 Å². The second kappa shape index (κ2) is 24.2. The second-order valence-corrected chi connectivity index (χ2v) is 8.52. The van der Waals surface area contributed by atoms with E-state index in [0.29, 0.717) is 0 Å².